The first-order chi connectivity index (χ1) is 26.7. The standard InChI is InChI=1S/C51H37N3/c1-3-20-42(41-27-12-17-32-47(41)53-45-30-15-10-25-39(45)40-26-11-16-31-46(40)53)50(36(2)35-52)54-48-33-18-13-28-43(48)51(37-21-6-4-7-22-37,38-23-8-5-9-24-38)44-29-14-19-34-49(44)54/h3-34H,1H2,2H3/b42-20-,50-36-. The third-order valence-electron chi connectivity index (χ3n) is 10.8. The normalized spacial score (nSPS) is 13.9. The highest BCUT2D eigenvalue weighted by Gasteiger charge is 2.47. The second-order valence-electron chi connectivity index (χ2n) is 13.6. The first-order valence-corrected chi connectivity index (χ1v) is 18.3. The first-order valence-electron chi connectivity index (χ1n) is 18.3. The highest BCUT2D eigenvalue weighted by molar-refractivity contribution is 6.10. The highest BCUT2D eigenvalue weighted by Crippen LogP contribution is 2.58. The Hall–Kier alpha value is -7.15. The summed E-state index contributed by atoms with van der Waals surface area (Å²) in [6.45, 7) is 6.14. The van der Waals surface area contributed by atoms with Gasteiger partial charge in [0.2, 0.25) is 0 Å². The molecule has 0 saturated heterocycles. The Morgan fingerprint density at radius 1 is 0.556 bits per heavy atom. The number of nitriles is 1. The second-order valence-corrected chi connectivity index (χ2v) is 13.6. The number of nitrogens with zero attached hydrogens (tertiary/aromatic N) is 3. The average Bonchev–Trinajstić information content (AvgIpc) is 3.58. The molecule has 1 aliphatic heterocycles. The molecule has 3 heteroatoms. The SMILES string of the molecule is C=C/C=C(\C(=C(/C)C#N)N1c2ccccc2C(c2ccccc2)(c2ccccc2)c2ccccc21)c1ccccc1-n1c2ccccc2c2ccccc21. The summed E-state index contributed by atoms with van der Waals surface area (Å²) in [7, 11) is 0. The third kappa shape index (κ3) is 4.89. The van der Waals surface area contributed by atoms with E-state index in [0.29, 0.717) is 5.57 Å². The van der Waals surface area contributed by atoms with Crippen molar-refractivity contribution in [1.82, 2.24) is 4.57 Å². The summed E-state index contributed by atoms with van der Waals surface area (Å²) >= 11 is 0. The molecular weight excluding hydrogens is 655 g/mol. The van der Waals surface area contributed by atoms with E-state index in [1.807, 2.05) is 13.0 Å². The number of para-hydroxylation sites is 5. The number of allylic oxidation sites excluding steroid dienone is 4. The van der Waals surface area contributed by atoms with Crippen molar-refractivity contribution < 1.29 is 0 Å². The number of benzene rings is 7. The summed E-state index contributed by atoms with van der Waals surface area (Å²) in [4.78, 5) is 2.31. The molecule has 0 N–H and O–H groups in total. The molecule has 54 heavy (non-hydrogen) atoms. The van der Waals surface area contributed by atoms with Gasteiger partial charge in [-0.25, -0.2) is 0 Å². The lowest BCUT2D eigenvalue weighted by molar-refractivity contribution is 0.728. The maximum atomic E-state index is 10.9. The lowest BCUT2D eigenvalue weighted by Crippen LogP contribution is -2.39. The smallest absolute Gasteiger partial charge is 0.0966 e. The quantitative estimate of drug-likeness (QED) is 0.123. The van der Waals surface area contributed by atoms with E-state index in [4.69, 9.17) is 0 Å². The minimum Gasteiger partial charge on any atom is -0.309 e. The van der Waals surface area contributed by atoms with Crippen LogP contribution in [0.4, 0.5) is 11.4 Å². The molecule has 256 valence electrons. The zero-order chi connectivity index (χ0) is 36.6. The Labute approximate surface area is 316 Å². The molecule has 8 aromatic rings. The van der Waals surface area contributed by atoms with Gasteiger partial charge in [0.05, 0.1) is 50.8 Å². The van der Waals surface area contributed by atoms with Crippen LogP contribution in [0.25, 0.3) is 33.1 Å². The maximum Gasteiger partial charge on any atom is 0.0966 e. The lowest BCUT2D eigenvalue weighted by Gasteiger charge is -2.47. The Morgan fingerprint density at radius 3 is 1.52 bits per heavy atom. The van der Waals surface area contributed by atoms with Gasteiger partial charge in [-0.05, 0) is 59.5 Å². The molecule has 1 aromatic heterocycles. The molecular formula is C51H37N3. The summed E-state index contributed by atoms with van der Waals surface area (Å²) in [5, 5.41) is 13.3. The molecule has 0 aliphatic carbocycles. The number of anilines is 2. The zero-order valence-corrected chi connectivity index (χ0v) is 30.0. The molecule has 0 radical (unpaired) electrons. The Bertz CT molecular complexity index is 2670. The number of hydrogen-bond donors (Lipinski definition) is 0. The van der Waals surface area contributed by atoms with Crippen LogP contribution in [0.1, 0.15) is 34.7 Å². The van der Waals surface area contributed by atoms with Gasteiger partial charge in [-0.15, -0.1) is 0 Å². The van der Waals surface area contributed by atoms with E-state index in [0.717, 1.165) is 56.1 Å². The van der Waals surface area contributed by atoms with Crippen LogP contribution in [0.2, 0.25) is 0 Å². The predicted molar refractivity (Wildman–Crippen MR) is 224 cm³/mol. The molecule has 0 atom stereocenters. The van der Waals surface area contributed by atoms with Gasteiger partial charge in [0.15, 0.2) is 0 Å². The van der Waals surface area contributed by atoms with Crippen LogP contribution in [-0.4, -0.2) is 4.57 Å². The molecule has 9 rings (SSSR count). The number of fused-ring (bicyclic) bond motifs is 5. The summed E-state index contributed by atoms with van der Waals surface area (Å²) in [5.41, 5.74) is 12.6. The van der Waals surface area contributed by atoms with E-state index in [2.05, 4.69) is 210 Å². The van der Waals surface area contributed by atoms with Crippen molar-refractivity contribution in [1.29, 1.82) is 5.26 Å². The van der Waals surface area contributed by atoms with Crippen molar-refractivity contribution >= 4 is 38.8 Å². The van der Waals surface area contributed by atoms with Crippen LogP contribution >= 0.6 is 0 Å². The number of aromatic nitrogens is 1. The largest absolute Gasteiger partial charge is 0.309 e. The molecule has 0 fully saturated rings. The fraction of sp³-hybridized carbons (Fsp3) is 0.0392. The van der Waals surface area contributed by atoms with Crippen molar-refractivity contribution in [2.24, 2.45) is 0 Å². The van der Waals surface area contributed by atoms with Crippen LogP contribution in [0.15, 0.2) is 212 Å². The molecule has 2 heterocycles. The highest BCUT2D eigenvalue weighted by atomic mass is 15.2. The van der Waals surface area contributed by atoms with E-state index in [-0.39, 0.29) is 0 Å². The van der Waals surface area contributed by atoms with Crippen LogP contribution in [0, 0.1) is 11.3 Å². The molecule has 1 aliphatic rings. The van der Waals surface area contributed by atoms with E-state index < -0.39 is 5.41 Å². The van der Waals surface area contributed by atoms with E-state index in [9.17, 15) is 5.26 Å². The van der Waals surface area contributed by atoms with Crippen molar-refractivity contribution in [2.75, 3.05) is 4.90 Å². The Morgan fingerprint density at radius 2 is 1.00 bits per heavy atom. The molecule has 0 amide bonds. The van der Waals surface area contributed by atoms with Crippen molar-refractivity contribution in [2.45, 2.75) is 12.3 Å². The average molecular weight is 692 g/mol. The summed E-state index contributed by atoms with van der Waals surface area (Å²) < 4.78 is 2.35. The van der Waals surface area contributed by atoms with Gasteiger partial charge >= 0.3 is 0 Å². The molecule has 0 saturated carbocycles. The lowest BCUT2D eigenvalue weighted by atomic mass is 9.62. The van der Waals surface area contributed by atoms with Crippen LogP contribution in [0.3, 0.4) is 0 Å². The molecule has 0 unspecified atom stereocenters. The minimum atomic E-state index is -0.624. The summed E-state index contributed by atoms with van der Waals surface area (Å²) in [5.74, 6) is 0. The van der Waals surface area contributed by atoms with Gasteiger partial charge in [0.25, 0.3) is 0 Å². The van der Waals surface area contributed by atoms with Crippen LogP contribution in [-0.2, 0) is 5.41 Å². The van der Waals surface area contributed by atoms with Gasteiger partial charge in [-0.1, -0.05) is 170 Å². The summed E-state index contributed by atoms with van der Waals surface area (Å²) in [6, 6.07) is 67.2. The van der Waals surface area contributed by atoms with E-state index in [1.54, 1.807) is 0 Å². The number of hydrogen-bond acceptors (Lipinski definition) is 2. The zero-order valence-electron chi connectivity index (χ0n) is 30.0. The fourth-order valence-corrected chi connectivity index (χ4v) is 8.69. The Kier molecular flexibility index (Phi) is 8.15. The van der Waals surface area contributed by atoms with Crippen molar-refractivity contribution in [3.8, 4) is 11.8 Å². The van der Waals surface area contributed by atoms with E-state index >= 15 is 0 Å². The number of rotatable bonds is 7. The summed E-state index contributed by atoms with van der Waals surface area (Å²) in [6.07, 6.45) is 3.90. The molecule has 7 aromatic carbocycles. The van der Waals surface area contributed by atoms with Crippen molar-refractivity contribution in [3.63, 3.8) is 0 Å². The monoisotopic (exact) mass is 691 g/mol. The van der Waals surface area contributed by atoms with Crippen molar-refractivity contribution in [3.05, 3.63) is 240 Å². The minimum absolute atomic E-state index is 0.594. The Balaban J connectivity index is 1.36. The van der Waals surface area contributed by atoms with E-state index in [1.165, 1.54) is 21.9 Å². The van der Waals surface area contributed by atoms with Gasteiger partial charge < -0.3 is 9.47 Å². The third-order valence-corrected chi connectivity index (χ3v) is 10.8. The fourth-order valence-electron chi connectivity index (χ4n) is 8.69. The van der Waals surface area contributed by atoms with Crippen LogP contribution < -0.4 is 4.90 Å². The second kappa shape index (κ2) is 13.4. The van der Waals surface area contributed by atoms with Crippen LogP contribution in [0.5, 0.6) is 0 Å². The molecule has 0 bridgehead atoms. The predicted octanol–water partition coefficient (Wildman–Crippen LogP) is 12.7. The molecule has 0 spiro atoms. The van der Waals surface area contributed by atoms with Gasteiger partial charge in [0.1, 0.15) is 0 Å². The van der Waals surface area contributed by atoms with Gasteiger partial charge in [-0.2, -0.15) is 5.26 Å². The van der Waals surface area contributed by atoms with Gasteiger partial charge in [0, 0.05) is 21.9 Å². The molecule has 3 nitrogen and oxygen atoms in total. The van der Waals surface area contributed by atoms with Gasteiger partial charge in [-0.3, -0.25) is 0 Å². The topological polar surface area (TPSA) is 32.0 Å². The maximum absolute atomic E-state index is 10.9. The first kappa shape index (κ1) is 32.7.